The fraction of sp³-hybridized carbons (Fsp3) is 0.471. The SMILES string of the molecule is CN(C)CCN/C=C(\C=N)c1cc(C(F)(F)F)c(C#N)c(N2CCC2)n1. The average Bonchev–Trinajstić information content (AvgIpc) is 2.51. The highest BCUT2D eigenvalue weighted by Crippen LogP contribution is 2.37. The molecule has 9 heteroatoms. The van der Waals surface area contributed by atoms with E-state index in [1.165, 1.54) is 6.20 Å². The molecule has 0 atom stereocenters. The highest BCUT2D eigenvalue weighted by molar-refractivity contribution is 6.07. The van der Waals surface area contributed by atoms with E-state index in [4.69, 9.17) is 5.41 Å². The Hall–Kier alpha value is -2.60. The first kappa shape index (κ1) is 19.7. The molecule has 2 N–H and O–H groups in total. The topological polar surface area (TPSA) is 79.0 Å². The molecule has 1 aliphatic heterocycles. The van der Waals surface area contributed by atoms with Gasteiger partial charge in [-0.25, -0.2) is 4.98 Å². The van der Waals surface area contributed by atoms with Crippen LogP contribution in [0.5, 0.6) is 0 Å². The van der Waals surface area contributed by atoms with Gasteiger partial charge in [0, 0.05) is 44.2 Å². The van der Waals surface area contributed by atoms with Crippen molar-refractivity contribution < 1.29 is 13.2 Å². The van der Waals surface area contributed by atoms with Crippen molar-refractivity contribution in [3.8, 4) is 6.07 Å². The Morgan fingerprint density at radius 1 is 1.46 bits per heavy atom. The van der Waals surface area contributed by atoms with Crippen molar-refractivity contribution in [3.05, 3.63) is 29.1 Å². The van der Waals surface area contributed by atoms with Crippen LogP contribution in [-0.2, 0) is 6.18 Å². The monoisotopic (exact) mass is 366 g/mol. The minimum Gasteiger partial charge on any atom is -0.389 e. The van der Waals surface area contributed by atoms with Crippen molar-refractivity contribution >= 4 is 17.6 Å². The van der Waals surface area contributed by atoms with Crippen LogP contribution in [-0.4, -0.2) is 56.4 Å². The summed E-state index contributed by atoms with van der Waals surface area (Å²) in [5.41, 5.74) is -1.25. The van der Waals surface area contributed by atoms with Gasteiger partial charge in [0.25, 0.3) is 0 Å². The maximum absolute atomic E-state index is 13.4. The summed E-state index contributed by atoms with van der Waals surface area (Å²) in [6.45, 7) is 2.43. The quantitative estimate of drug-likeness (QED) is 0.572. The number of aromatic nitrogens is 1. The molecule has 26 heavy (non-hydrogen) atoms. The van der Waals surface area contributed by atoms with Crippen molar-refractivity contribution in [2.75, 3.05) is 45.2 Å². The zero-order valence-electron chi connectivity index (χ0n) is 14.7. The maximum atomic E-state index is 13.4. The number of halogens is 3. The number of likely N-dealkylation sites (N-methyl/N-ethyl adjacent to an activating group) is 1. The van der Waals surface area contributed by atoms with E-state index in [0.29, 0.717) is 19.6 Å². The molecule has 2 heterocycles. The van der Waals surface area contributed by atoms with Gasteiger partial charge in [0.2, 0.25) is 0 Å². The van der Waals surface area contributed by atoms with Gasteiger partial charge in [0.15, 0.2) is 0 Å². The van der Waals surface area contributed by atoms with E-state index in [1.54, 1.807) is 11.0 Å². The lowest BCUT2D eigenvalue weighted by Gasteiger charge is -2.33. The van der Waals surface area contributed by atoms with Crippen molar-refractivity contribution in [2.45, 2.75) is 12.6 Å². The standard InChI is InChI=1S/C17H21F3N6/c1-25(2)7-4-23-11-12(9-21)15-8-14(17(18,19)20)13(10-22)16(24-15)26-5-3-6-26/h8-9,11,21,23H,3-7H2,1-2H3/b12-11+,21-9?. The summed E-state index contributed by atoms with van der Waals surface area (Å²) in [5.74, 6) is 0.0321. The summed E-state index contributed by atoms with van der Waals surface area (Å²) >= 11 is 0. The number of anilines is 1. The van der Waals surface area contributed by atoms with Crippen LogP contribution < -0.4 is 10.2 Å². The Balaban J connectivity index is 2.45. The molecule has 0 amide bonds. The third-order valence-corrected chi connectivity index (χ3v) is 3.99. The number of hydrogen-bond acceptors (Lipinski definition) is 6. The number of allylic oxidation sites excluding steroid dienone is 1. The number of alkyl halides is 3. The van der Waals surface area contributed by atoms with Gasteiger partial charge in [-0.2, -0.15) is 18.4 Å². The second-order valence-electron chi connectivity index (χ2n) is 6.21. The van der Waals surface area contributed by atoms with E-state index in [2.05, 4.69) is 10.3 Å². The molecule has 2 rings (SSSR count). The maximum Gasteiger partial charge on any atom is 0.417 e. The normalized spacial score (nSPS) is 14.8. The van der Waals surface area contributed by atoms with Gasteiger partial charge in [0.1, 0.15) is 17.5 Å². The van der Waals surface area contributed by atoms with Gasteiger partial charge in [-0.05, 0) is 26.6 Å². The molecule has 0 aliphatic carbocycles. The zero-order valence-corrected chi connectivity index (χ0v) is 14.7. The molecule has 0 spiro atoms. The van der Waals surface area contributed by atoms with Crippen LogP contribution >= 0.6 is 0 Å². The van der Waals surface area contributed by atoms with Gasteiger partial charge in [-0.15, -0.1) is 0 Å². The number of rotatable bonds is 7. The van der Waals surface area contributed by atoms with Crippen LogP contribution in [0.4, 0.5) is 19.0 Å². The van der Waals surface area contributed by atoms with Crippen molar-refractivity contribution in [1.29, 1.82) is 10.7 Å². The third kappa shape index (κ3) is 4.52. The molecule has 140 valence electrons. The smallest absolute Gasteiger partial charge is 0.389 e. The first-order chi connectivity index (χ1) is 12.3. The summed E-state index contributed by atoms with van der Waals surface area (Å²) in [7, 11) is 3.81. The summed E-state index contributed by atoms with van der Waals surface area (Å²) in [4.78, 5) is 7.86. The van der Waals surface area contributed by atoms with Crippen molar-refractivity contribution in [1.82, 2.24) is 15.2 Å². The van der Waals surface area contributed by atoms with Crippen LogP contribution in [0.25, 0.3) is 5.57 Å². The van der Waals surface area contributed by atoms with E-state index in [0.717, 1.165) is 25.2 Å². The first-order valence-corrected chi connectivity index (χ1v) is 8.14. The highest BCUT2D eigenvalue weighted by Gasteiger charge is 2.37. The zero-order chi connectivity index (χ0) is 19.3. The summed E-state index contributed by atoms with van der Waals surface area (Å²) < 4.78 is 40.3. The van der Waals surface area contributed by atoms with Gasteiger partial charge in [-0.1, -0.05) is 0 Å². The van der Waals surface area contributed by atoms with Crippen LogP contribution in [0, 0.1) is 16.7 Å². The predicted octanol–water partition coefficient (Wildman–Crippen LogP) is 2.32. The minimum atomic E-state index is -4.67. The summed E-state index contributed by atoms with van der Waals surface area (Å²) in [5, 5.41) is 19.8. The van der Waals surface area contributed by atoms with Gasteiger partial charge >= 0.3 is 6.18 Å². The minimum absolute atomic E-state index is 0.0191. The lowest BCUT2D eigenvalue weighted by Crippen LogP contribution is -2.38. The highest BCUT2D eigenvalue weighted by atomic mass is 19.4. The van der Waals surface area contributed by atoms with E-state index >= 15 is 0 Å². The van der Waals surface area contributed by atoms with Crippen LogP contribution in [0.15, 0.2) is 12.3 Å². The molecule has 0 unspecified atom stereocenters. The lowest BCUT2D eigenvalue weighted by atomic mass is 10.0. The number of nitriles is 1. The van der Waals surface area contributed by atoms with Crippen LogP contribution in [0.1, 0.15) is 23.2 Å². The second-order valence-corrected chi connectivity index (χ2v) is 6.21. The fourth-order valence-corrected chi connectivity index (χ4v) is 2.43. The molecule has 0 aromatic carbocycles. The summed E-state index contributed by atoms with van der Waals surface area (Å²) in [6, 6.07) is 2.49. The Morgan fingerprint density at radius 3 is 2.62 bits per heavy atom. The Labute approximate surface area is 150 Å². The Kier molecular flexibility index (Phi) is 6.21. The fourth-order valence-electron chi connectivity index (χ4n) is 2.43. The van der Waals surface area contributed by atoms with E-state index in [-0.39, 0.29) is 17.1 Å². The number of nitrogens with one attached hydrogen (secondary N) is 2. The first-order valence-electron chi connectivity index (χ1n) is 8.14. The molecule has 1 aromatic heterocycles. The molecular weight excluding hydrogens is 345 g/mol. The van der Waals surface area contributed by atoms with Crippen molar-refractivity contribution in [3.63, 3.8) is 0 Å². The van der Waals surface area contributed by atoms with E-state index in [1.807, 2.05) is 19.0 Å². The lowest BCUT2D eigenvalue weighted by molar-refractivity contribution is -0.137. The Morgan fingerprint density at radius 2 is 2.15 bits per heavy atom. The van der Waals surface area contributed by atoms with Crippen molar-refractivity contribution in [2.24, 2.45) is 0 Å². The predicted molar refractivity (Wildman–Crippen MR) is 94.1 cm³/mol. The molecule has 6 nitrogen and oxygen atoms in total. The Bertz CT molecular complexity index is 729. The number of hydrogen-bond donors (Lipinski definition) is 2. The second kappa shape index (κ2) is 8.19. The number of nitrogens with zero attached hydrogens (tertiary/aromatic N) is 4. The molecule has 1 saturated heterocycles. The molecule has 0 bridgehead atoms. The van der Waals surface area contributed by atoms with Gasteiger partial charge in [-0.3, -0.25) is 0 Å². The molecule has 1 aliphatic rings. The molecule has 1 fully saturated rings. The summed E-state index contributed by atoms with van der Waals surface area (Å²) in [6.07, 6.45) is -1.40. The molecule has 0 saturated carbocycles. The van der Waals surface area contributed by atoms with Crippen LogP contribution in [0.2, 0.25) is 0 Å². The average molecular weight is 366 g/mol. The molecule has 0 radical (unpaired) electrons. The van der Waals surface area contributed by atoms with Crippen LogP contribution in [0.3, 0.4) is 0 Å². The van der Waals surface area contributed by atoms with E-state index < -0.39 is 17.3 Å². The number of pyridine rings is 1. The molecular formula is C17H21F3N6. The van der Waals surface area contributed by atoms with E-state index in [9.17, 15) is 18.4 Å². The largest absolute Gasteiger partial charge is 0.417 e. The molecule has 1 aromatic rings. The van der Waals surface area contributed by atoms with Gasteiger partial charge < -0.3 is 20.5 Å². The van der Waals surface area contributed by atoms with Gasteiger partial charge in [0.05, 0.1) is 11.3 Å². The third-order valence-electron chi connectivity index (χ3n) is 3.99.